The molecule has 31 heavy (non-hydrogen) atoms. The number of nitrogens with zero attached hydrogens (tertiary/aromatic N) is 2. The van der Waals surface area contributed by atoms with Crippen LogP contribution in [0.4, 0.5) is 14.5 Å². The Bertz CT molecular complexity index is 1060. The van der Waals surface area contributed by atoms with Gasteiger partial charge in [0.15, 0.2) is 11.6 Å². The molecule has 0 aliphatic rings. The summed E-state index contributed by atoms with van der Waals surface area (Å²) in [6.45, 7) is 4.19. The largest absolute Gasteiger partial charge is 0.316 e. The first kappa shape index (κ1) is 24.7. The number of pyridine rings is 1. The van der Waals surface area contributed by atoms with Crippen molar-refractivity contribution in [1.82, 2.24) is 4.98 Å². The number of nitrogens with two attached hydrogens (primary N) is 1. The zero-order valence-corrected chi connectivity index (χ0v) is 18.7. The van der Waals surface area contributed by atoms with E-state index in [-0.39, 0.29) is 24.9 Å². The van der Waals surface area contributed by atoms with Crippen LogP contribution in [-0.2, 0) is 11.2 Å². The highest BCUT2D eigenvalue weighted by Gasteiger charge is 2.24. The predicted molar refractivity (Wildman–Crippen MR) is 122 cm³/mol. The Morgan fingerprint density at radius 2 is 1.81 bits per heavy atom. The maximum absolute atomic E-state index is 13.6. The molecule has 0 spiro atoms. The highest BCUT2D eigenvalue weighted by atomic mass is 35.5. The number of benzene rings is 2. The van der Waals surface area contributed by atoms with Gasteiger partial charge in [-0.3, -0.25) is 4.79 Å². The van der Waals surface area contributed by atoms with Gasteiger partial charge in [-0.05, 0) is 72.9 Å². The summed E-state index contributed by atoms with van der Waals surface area (Å²) in [5.74, 6) is -2.15. The molecule has 0 aliphatic carbocycles. The van der Waals surface area contributed by atoms with Crippen LogP contribution in [0.15, 0.2) is 54.7 Å². The molecule has 4 nitrogen and oxygen atoms in total. The number of carbonyl (C=O) groups is 1. The first-order valence-electron chi connectivity index (χ1n) is 9.46. The monoisotopic (exact) mass is 465 g/mol. The van der Waals surface area contributed by atoms with E-state index in [1.807, 2.05) is 32.0 Å². The first-order valence-corrected chi connectivity index (χ1v) is 9.83. The minimum Gasteiger partial charge on any atom is -0.316 e. The molecule has 0 saturated carbocycles. The molecule has 1 heterocycles. The van der Waals surface area contributed by atoms with Gasteiger partial charge in [0.25, 0.3) is 0 Å². The molecule has 3 aromatic rings. The van der Waals surface area contributed by atoms with Gasteiger partial charge in [-0.2, -0.15) is 0 Å². The van der Waals surface area contributed by atoms with Gasteiger partial charge in [0.1, 0.15) is 11.2 Å². The van der Waals surface area contributed by atoms with E-state index in [0.717, 1.165) is 23.3 Å². The Kier molecular flexibility index (Phi) is 8.51. The summed E-state index contributed by atoms with van der Waals surface area (Å²) in [4.78, 5) is 18.8. The van der Waals surface area contributed by atoms with Crippen molar-refractivity contribution < 1.29 is 13.6 Å². The third-order valence-electron chi connectivity index (χ3n) is 5.05. The average Bonchev–Trinajstić information content (AvgIpc) is 2.73. The lowest BCUT2D eigenvalue weighted by Crippen LogP contribution is -2.40. The van der Waals surface area contributed by atoms with Crippen molar-refractivity contribution in [2.75, 3.05) is 11.4 Å². The van der Waals surface area contributed by atoms with Crippen molar-refractivity contribution in [3.63, 3.8) is 0 Å². The quantitative estimate of drug-likeness (QED) is 0.500. The predicted octanol–water partition coefficient (Wildman–Crippen LogP) is 5.33. The number of anilines is 1. The second-order valence-corrected chi connectivity index (χ2v) is 7.54. The van der Waals surface area contributed by atoms with Gasteiger partial charge in [-0.15, -0.1) is 12.4 Å². The lowest BCUT2D eigenvalue weighted by molar-refractivity contribution is -0.120. The fourth-order valence-electron chi connectivity index (χ4n) is 3.08. The van der Waals surface area contributed by atoms with Crippen LogP contribution in [0.1, 0.15) is 28.3 Å². The van der Waals surface area contributed by atoms with Crippen LogP contribution < -0.4 is 10.6 Å². The zero-order chi connectivity index (χ0) is 21.8. The number of carbonyl (C=O) groups excluding carboxylic acids is 1. The highest BCUT2D eigenvalue weighted by Crippen LogP contribution is 2.24. The molecular formula is C23H23Cl2F2N3O. The maximum atomic E-state index is 13.6. The molecule has 2 N–H and O–H groups in total. The molecular weight excluding hydrogens is 443 g/mol. The van der Waals surface area contributed by atoms with E-state index in [0.29, 0.717) is 28.4 Å². The number of hydrogen-bond acceptors (Lipinski definition) is 3. The SMILES string of the molecule is Cc1ccc(N(CCc2ccc(F)c(F)c2)C(=O)C(N)c2ccc(Cl)nc2)cc1C.Cl. The second kappa shape index (κ2) is 10.7. The highest BCUT2D eigenvalue weighted by molar-refractivity contribution is 6.29. The molecule has 0 saturated heterocycles. The molecule has 1 amide bonds. The number of aryl methyl sites for hydroxylation is 2. The normalized spacial score (nSPS) is 11.5. The van der Waals surface area contributed by atoms with E-state index in [1.165, 1.54) is 12.3 Å². The molecule has 164 valence electrons. The van der Waals surface area contributed by atoms with Gasteiger partial charge >= 0.3 is 0 Å². The summed E-state index contributed by atoms with van der Waals surface area (Å²) >= 11 is 5.82. The Morgan fingerprint density at radius 3 is 2.42 bits per heavy atom. The van der Waals surface area contributed by atoms with Crippen molar-refractivity contribution in [3.05, 3.63) is 93.8 Å². The molecule has 1 unspecified atom stereocenters. The first-order chi connectivity index (χ1) is 14.3. The number of hydrogen-bond donors (Lipinski definition) is 1. The second-order valence-electron chi connectivity index (χ2n) is 7.15. The molecule has 8 heteroatoms. The summed E-state index contributed by atoms with van der Waals surface area (Å²) < 4.78 is 26.8. The van der Waals surface area contributed by atoms with E-state index in [9.17, 15) is 13.6 Å². The van der Waals surface area contributed by atoms with E-state index >= 15 is 0 Å². The third-order valence-corrected chi connectivity index (χ3v) is 5.28. The number of aromatic nitrogens is 1. The lowest BCUT2D eigenvalue weighted by atomic mass is 10.0. The number of halogens is 4. The molecule has 1 atom stereocenters. The van der Waals surface area contributed by atoms with Crippen molar-refractivity contribution in [1.29, 1.82) is 0 Å². The topological polar surface area (TPSA) is 59.2 Å². The molecule has 0 radical (unpaired) electrons. The van der Waals surface area contributed by atoms with Gasteiger partial charge in [-0.25, -0.2) is 13.8 Å². The molecule has 1 aromatic heterocycles. The van der Waals surface area contributed by atoms with Crippen molar-refractivity contribution in [2.24, 2.45) is 5.73 Å². The van der Waals surface area contributed by atoms with Crippen LogP contribution in [0.25, 0.3) is 0 Å². The fourth-order valence-corrected chi connectivity index (χ4v) is 3.19. The van der Waals surface area contributed by atoms with E-state index in [4.69, 9.17) is 17.3 Å². The molecule has 0 bridgehead atoms. The van der Waals surface area contributed by atoms with Crippen molar-refractivity contribution in [2.45, 2.75) is 26.3 Å². The Balaban J connectivity index is 0.00000341. The minimum atomic E-state index is -0.943. The van der Waals surface area contributed by atoms with Gasteiger partial charge in [0.2, 0.25) is 5.91 Å². The van der Waals surface area contributed by atoms with E-state index in [2.05, 4.69) is 4.98 Å². The zero-order valence-electron chi connectivity index (χ0n) is 17.1. The number of rotatable bonds is 6. The van der Waals surface area contributed by atoms with E-state index in [1.54, 1.807) is 17.0 Å². The van der Waals surface area contributed by atoms with E-state index < -0.39 is 17.7 Å². The minimum absolute atomic E-state index is 0. The van der Waals surface area contributed by atoms with Crippen molar-refractivity contribution in [3.8, 4) is 0 Å². The number of amides is 1. The van der Waals surface area contributed by atoms with Gasteiger partial charge in [0, 0.05) is 18.4 Å². The third kappa shape index (κ3) is 6.00. The van der Waals surface area contributed by atoms with Gasteiger partial charge < -0.3 is 10.6 Å². The summed E-state index contributed by atoms with van der Waals surface area (Å²) in [5.41, 5.74) is 10.1. The van der Waals surface area contributed by atoms with Crippen LogP contribution in [0.3, 0.4) is 0 Å². The lowest BCUT2D eigenvalue weighted by Gasteiger charge is -2.27. The van der Waals surface area contributed by atoms with Crippen LogP contribution in [0.2, 0.25) is 5.15 Å². The average molecular weight is 466 g/mol. The van der Waals surface area contributed by atoms with Crippen molar-refractivity contribution >= 4 is 35.6 Å². The summed E-state index contributed by atoms with van der Waals surface area (Å²) in [5, 5.41) is 0.308. The molecule has 2 aromatic carbocycles. The maximum Gasteiger partial charge on any atom is 0.248 e. The standard InChI is InChI=1S/C23H22ClF2N3O.ClH/c1-14-3-6-18(11-15(14)2)29(10-9-16-4-7-19(25)20(26)12-16)23(30)22(27)17-5-8-21(24)28-13-17;/h3-8,11-13,22H,9-10,27H2,1-2H3;1H. The Labute approximate surface area is 191 Å². The molecule has 0 aliphatic heterocycles. The van der Waals surface area contributed by atoms with Gasteiger partial charge in [0.05, 0.1) is 0 Å². The van der Waals surface area contributed by atoms with Crippen LogP contribution >= 0.6 is 24.0 Å². The Hall–Kier alpha value is -2.54. The van der Waals surface area contributed by atoms with Crippen LogP contribution in [0, 0.1) is 25.5 Å². The van der Waals surface area contributed by atoms with Gasteiger partial charge in [-0.1, -0.05) is 29.8 Å². The fraction of sp³-hybridized carbons (Fsp3) is 0.217. The Morgan fingerprint density at radius 1 is 1.06 bits per heavy atom. The van der Waals surface area contributed by atoms with Crippen LogP contribution in [0.5, 0.6) is 0 Å². The smallest absolute Gasteiger partial charge is 0.248 e. The summed E-state index contributed by atoms with van der Waals surface area (Å²) in [6.07, 6.45) is 1.81. The molecule has 0 fully saturated rings. The van der Waals surface area contributed by atoms with Crippen LogP contribution in [-0.4, -0.2) is 17.4 Å². The summed E-state index contributed by atoms with van der Waals surface area (Å²) in [7, 11) is 0. The molecule has 3 rings (SSSR count). The summed E-state index contributed by atoms with van der Waals surface area (Å²) in [6, 6.07) is 11.7.